The highest BCUT2D eigenvalue weighted by Gasteiger charge is 2.37. The fourth-order valence-electron chi connectivity index (χ4n) is 2.54. The van der Waals surface area contributed by atoms with Crippen molar-refractivity contribution in [2.75, 3.05) is 13.2 Å². The highest BCUT2D eigenvalue weighted by molar-refractivity contribution is 5.80. The normalized spacial score (nSPS) is 20.6. The summed E-state index contributed by atoms with van der Waals surface area (Å²) in [4.78, 5) is 14.3. The number of hydrogen-bond acceptors (Lipinski definition) is 4. The Kier molecular flexibility index (Phi) is 5.60. The molecule has 0 radical (unpaired) electrons. The van der Waals surface area contributed by atoms with E-state index in [0.717, 1.165) is 13.0 Å². The number of nitrogens with two attached hydrogens (primary N) is 1. The van der Waals surface area contributed by atoms with Gasteiger partial charge in [-0.05, 0) is 53.0 Å². The van der Waals surface area contributed by atoms with E-state index in [4.69, 9.17) is 10.5 Å². The van der Waals surface area contributed by atoms with Crippen molar-refractivity contribution in [1.82, 2.24) is 4.90 Å². The first-order chi connectivity index (χ1) is 8.42. The van der Waals surface area contributed by atoms with Crippen molar-refractivity contribution >= 4 is 5.97 Å². The number of esters is 1. The number of ether oxygens (including phenoxy) is 1. The van der Waals surface area contributed by atoms with Crippen LogP contribution in [0.5, 0.6) is 0 Å². The summed E-state index contributed by atoms with van der Waals surface area (Å²) >= 11 is 0. The van der Waals surface area contributed by atoms with Crippen LogP contribution in [-0.2, 0) is 9.53 Å². The highest BCUT2D eigenvalue weighted by Crippen LogP contribution is 2.30. The maximum atomic E-state index is 11.8. The summed E-state index contributed by atoms with van der Waals surface area (Å²) in [6.45, 7) is 9.42. The SMILES string of the molecule is CCCN(C(C)CC(C)(N)C(=O)OCC)C1CC1. The van der Waals surface area contributed by atoms with Gasteiger partial charge < -0.3 is 10.5 Å². The van der Waals surface area contributed by atoms with Gasteiger partial charge in [0.05, 0.1) is 6.61 Å². The van der Waals surface area contributed by atoms with Crippen LogP contribution >= 0.6 is 0 Å². The molecule has 1 rings (SSSR count). The Morgan fingerprint density at radius 1 is 1.50 bits per heavy atom. The molecule has 0 saturated heterocycles. The van der Waals surface area contributed by atoms with Crippen LogP contribution in [0.4, 0.5) is 0 Å². The van der Waals surface area contributed by atoms with Gasteiger partial charge in [-0.15, -0.1) is 0 Å². The minimum absolute atomic E-state index is 0.288. The van der Waals surface area contributed by atoms with Crippen molar-refractivity contribution in [1.29, 1.82) is 0 Å². The Hall–Kier alpha value is -0.610. The zero-order chi connectivity index (χ0) is 13.8. The van der Waals surface area contributed by atoms with E-state index >= 15 is 0 Å². The van der Waals surface area contributed by atoms with Crippen LogP contribution < -0.4 is 5.73 Å². The summed E-state index contributed by atoms with van der Waals surface area (Å²) in [5.41, 5.74) is 5.22. The number of nitrogens with zero attached hydrogens (tertiary/aromatic N) is 1. The smallest absolute Gasteiger partial charge is 0.325 e. The van der Waals surface area contributed by atoms with Gasteiger partial charge in [0, 0.05) is 12.1 Å². The first-order valence-electron chi connectivity index (χ1n) is 7.14. The van der Waals surface area contributed by atoms with Gasteiger partial charge in [0.2, 0.25) is 0 Å². The Morgan fingerprint density at radius 2 is 2.11 bits per heavy atom. The average molecular weight is 256 g/mol. The molecule has 0 amide bonds. The molecular formula is C14H28N2O2. The lowest BCUT2D eigenvalue weighted by Crippen LogP contribution is -2.51. The summed E-state index contributed by atoms with van der Waals surface area (Å²) in [6, 6.07) is 1.04. The molecule has 0 bridgehead atoms. The van der Waals surface area contributed by atoms with E-state index in [1.807, 2.05) is 6.92 Å². The number of rotatable bonds is 8. The molecule has 4 heteroatoms. The Morgan fingerprint density at radius 3 is 2.56 bits per heavy atom. The largest absolute Gasteiger partial charge is 0.465 e. The zero-order valence-corrected chi connectivity index (χ0v) is 12.2. The van der Waals surface area contributed by atoms with Gasteiger partial charge in [0.1, 0.15) is 5.54 Å². The van der Waals surface area contributed by atoms with E-state index in [2.05, 4.69) is 18.7 Å². The lowest BCUT2D eigenvalue weighted by Gasteiger charge is -2.33. The van der Waals surface area contributed by atoms with Crippen molar-refractivity contribution in [2.45, 2.75) is 71.0 Å². The third kappa shape index (κ3) is 4.25. The van der Waals surface area contributed by atoms with Gasteiger partial charge in [-0.25, -0.2) is 0 Å². The lowest BCUT2D eigenvalue weighted by atomic mass is 9.94. The minimum Gasteiger partial charge on any atom is -0.465 e. The Bertz CT molecular complexity index is 275. The summed E-state index contributed by atoms with van der Waals surface area (Å²) < 4.78 is 5.04. The summed E-state index contributed by atoms with van der Waals surface area (Å²) in [5, 5.41) is 0. The van der Waals surface area contributed by atoms with E-state index < -0.39 is 5.54 Å². The quantitative estimate of drug-likeness (QED) is 0.674. The zero-order valence-electron chi connectivity index (χ0n) is 12.2. The van der Waals surface area contributed by atoms with Gasteiger partial charge >= 0.3 is 5.97 Å². The second kappa shape index (κ2) is 6.53. The number of hydrogen-bond donors (Lipinski definition) is 1. The van der Waals surface area contributed by atoms with E-state index in [-0.39, 0.29) is 5.97 Å². The second-order valence-corrected chi connectivity index (χ2v) is 5.66. The van der Waals surface area contributed by atoms with Crippen molar-refractivity contribution in [3.8, 4) is 0 Å². The summed E-state index contributed by atoms with van der Waals surface area (Å²) in [6.07, 6.45) is 4.36. The Balaban J connectivity index is 2.54. The van der Waals surface area contributed by atoms with Crippen LogP contribution in [-0.4, -0.2) is 41.6 Å². The third-order valence-corrected chi connectivity index (χ3v) is 3.53. The molecule has 18 heavy (non-hydrogen) atoms. The highest BCUT2D eigenvalue weighted by atomic mass is 16.5. The van der Waals surface area contributed by atoms with Crippen LogP contribution in [0.1, 0.15) is 53.4 Å². The summed E-state index contributed by atoms with van der Waals surface area (Å²) in [5.74, 6) is -0.288. The molecule has 1 aliphatic rings. The molecule has 0 spiro atoms. The molecular weight excluding hydrogens is 228 g/mol. The number of carbonyl (C=O) groups excluding carboxylic acids is 1. The molecule has 2 atom stereocenters. The first kappa shape index (κ1) is 15.4. The molecule has 0 aliphatic heterocycles. The molecule has 0 heterocycles. The van der Waals surface area contributed by atoms with Gasteiger partial charge in [-0.1, -0.05) is 6.92 Å². The predicted molar refractivity (Wildman–Crippen MR) is 73.3 cm³/mol. The van der Waals surface area contributed by atoms with Crippen LogP contribution in [0.25, 0.3) is 0 Å². The second-order valence-electron chi connectivity index (χ2n) is 5.66. The fraction of sp³-hybridized carbons (Fsp3) is 0.929. The maximum absolute atomic E-state index is 11.8. The molecule has 2 N–H and O–H groups in total. The van der Waals surface area contributed by atoms with Crippen LogP contribution in [0.15, 0.2) is 0 Å². The van der Waals surface area contributed by atoms with Gasteiger partial charge in [-0.3, -0.25) is 9.69 Å². The predicted octanol–water partition coefficient (Wildman–Crippen LogP) is 1.92. The molecule has 0 aromatic rings. The standard InChI is InChI=1S/C14H28N2O2/c1-5-9-16(12-7-8-12)11(3)10-14(4,15)13(17)18-6-2/h11-12H,5-10,15H2,1-4H3. The lowest BCUT2D eigenvalue weighted by molar-refractivity contribution is -0.149. The van der Waals surface area contributed by atoms with Gasteiger partial charge in [-0.2, -0.15) is 0 Å². The van der Waals surface area contributed by atoms with E-state index in [1.165, 1.54) is 12.8 Å². The number of carbonyl (C=O) groups is 1. The van der Waals surface area contributed by atoms with Crippen LogP contribution in [0.3, 0.4) is 0 Å². The topological polar surface area (TPSA) is 55.6 Å². The van der Waals surface area contributed by atoms with Crippen molar-refractivity contribution in [3.05, 3.63) is 0 Å². The third-order valence-electron chi connectivity index (χ3n) is 3.53. The monoisotopic (exact) mass is 256 g/mol. The van der Waals surface area contributed by atoms with E-state index in [0.29, 0.717) is 25.1 Å². The van der Waals surface area contributed by atoms with Crippen molar-refractivity contribution < 1.29 is 9.53 Å². The first-order valence-corrected chi connectivity index (χ1v) is 7.14. The summed E-state index contributed by atoms with van der Waals surface area (Å²) in [7, 11) is 0. The van der Waals surface area contributed by atoms with Crippen LogP contribution in [0, 0.1) is 0 Å². The fourth-order valence-corrected chi connectivity index (χ4v) is 2.54. The average Bonchev–Trinajstić information content (AvgIpc) is 3.09. The molecule has 1 aliphatic carbocycles. The van der Waals surface area contributed by atoms with Crippen molar-refractivity contribution in [2.24, 2.45) is 5.73 Å². The minimum atomic E-state index is -0.879. The molecule has 106 valence electrons. The molecule has 1 saturated carbocycles. The van der Waals surface area contributed by atoms with Crippen LogP contribution in [0.2, 0.25) is 0 Å². The Labute approximate surface area is 111 Å². The van der Waals surface area contributed by atoms with E-state index in [9.17, 15) is 4.79 Å². The van der Waals surface area contributed by atoms with E-state index in [1.54, 1.807) is 6.92 Å². The molecule has 0 aromatic carbocycles. The van der Waals surface area contributed by atoms with Crippen molar-refractivity contribution in [3.63, 3.8) is 0 Å². The molecule has 4 nitrogen and oxygen atoms in total. The van der Waals surface area contributed by atoms with Gasteiger partial charge in [0.15, 0.2) is 0 Å². The molecule has 0 aromatic heterocycles. The molecule has 1 fully saturated rings. The molecule has 2 unspecified atom stereocenters. The van der Waals surface area contributed by atoms with Gasteiger partial charge in [0.25, 0.3) is 0 Å². The maximum Gasteiger partial charge on any atom is 0.325 e.